The van der Waals surface area contributed by atoms with E-state index in [-0.39, 0.29) is 37.4 Å². The Bertz CT molecular complexity index is 381. The fourth-order valence-electron chi connectivity index (χ4n) is 1.85. The van der Waals surface area contributed by atoms with Gasteiger partial charge in [0.2, 0.25) is 5.91 Å². The van der Waals surface area contributed by atoms with Gasteiger partial charge < -0.3 is 15.7 Å². The minimum atomic E-state index is -0.905. The molecule has 1 saturated heterocycles. The molecule has 4 amide bonds. The molecule has 7 heteroatoms. The average molecular weight is 271 g/mol. The number of aliphatic hydroxyl groups excluding tert-OH is 1. The van der Waals surface area contributed by atoms with Crippen molar-refractivity contribution in [3.63, 3.8) is 0 Å². The van der Waals surface area contributed by atoms with Crippen LogP contribution in [0.5, 0.6) is 0 Å². The highest BCUT2D eigenvalue weighted by Crippen LogP contribution is 2.16. The zero-order valence-corrected chi connectivity index (χ0v) is 11.5. The summed E-state index contributed by atoms with van der Waals surface area (Å²) in [6, 6.07) is -0.594. The number of carbonyl (C=O) groups excluding carboxylic acids is 3. The van der Waals surface area contributed by atoms with Crippen LogP contribution < -0.4 is 10.6 Å². The number of imide groups is 1. The number of hydrogen-bond acceptors (Lipinski definition) is 4. The van der Waals surface area contributed by atoms with Gasteiger partial charge in [-0.25, -0.2) is 4.79 Å². The van der Waals surface area contributed by atoms with Gasteiger partial charge in [0.1, 0.15) is 5.54 Å². The Kier molecular flexibility index (Phi) is 4.88. The highest BCUT2D eigenvalue weighted by atomic mass is 16.3. The molecule has 0 aromatic carbocycles. The lowest BCUT2D eigenvalue weighted by Gasteiger charge is -2.17. The van der Waals surface area contributed by atoms with Crippen molar-refractivity contribution in [1.29, 1.82) is 0 Å². The molecule has 1 fully saturated rings. The first-order valence-corrected chi connectivity index (χ1v) is 6.32. The van der Waals surface area contributed by atoms with Gasteiger partial charge in [-0.15, -0.1) is 0 Å². The van der Waals surface area contributed by atoms with Crippen LogP contribution in [0.1, 0.15) is 33.6 Å². The molecular weight excluding hydrogens is 250 g/mol. The summed E-state index contributed by atoms with van der Waals surface area (Å²) in [5.74, 6) is -0.569. The molecule has 1 aliphatic heterocycles. The van der Waals surface area contributed by atoms with E-state index in [1.54, 1.807) is 20.8 Å². The summed E-state index contributed by atoms with van der Waals surface area (Å²) in [4.78, 5) is 36.1. The van der Waals surface area contributed by atoms with Crippen LogP contribution in [0.2, 0.25) is 0 Å². The highest BCUT2D eigenvalue weighted by molar-refractivity contribution is 6.06. The zero-order chi connectivity index (χ0) is 14.6. The van der Waals surface area contributed by atoms with Crippen LogP contribution in [0, 0.1) is 0 Å². The van der Waals surface area contributed by atoms with Gasteiger partial charge in [-0.05, 0) is 27.2 Å². The molecule has 1 aliphatic rings. The van der Waals surface area contributed by atoms with Gasteiger partial charge in [0, 0.05) is 25.6 Å². The van der Waals surface area contributed by atoms with Crippen LogP contribution in [0.15, 0.2) is 0 Å². The molecule has 1 heterocycles. The Morgan fingerprint density at radius 2 is 2.11 bits per heavy atom. The van der Waals surface area contributed by atoms with Gasteiger partial charge in [-0.2, -0.15) is 0 Å². The molecular formula is C12H21N3O4. The number of carbonyl (C=O) groups is 3. The maximum absolute atomic E-state index is 11.9. The first kappa shape index (κ1) is 15.4. The predicted molar refractivity (Wildman–Crippen MR) is 68.2 cm³/mol. The summed E-state index contributed by atoms with van der Waals surface area (Å²) in [5, 5.41) is 14.0. The van der Waals surface area contributed by atoms with E-state index in [2.05, 4.69) is 10.6 Å². The lowest BCUT2D eigenvalue weighted by atomic mass is 10.1. The van der Waals surface area contributed by atoms with E-state index in [4.69, 9.17) is 5.11 Å². The number of aliphatic hydroxyl groups is 1. The van der Waals surface area contributed by atoms with Crippen LogP contribution >= 0.6 is 0 Å². The fourth-order valence-corrected chi connectivity index (χ4v) is 1.85. The quantitative estimate of drug-likeness (QED) is 0.572. The topological polar surface area (TPSA) is 98.7 Å². The standard InChI is InChI=1S/C12H21N3O4/c1-8(5-7-16)13-9(17)4-6-15-10(18)12(2,3)14-11(15)19/h8,16H,4-7H2,1-3H3,(H,13,17)(H,14,19). The van der Waals surface area contributed by atoms with Gasteiger partial charge in [0.25, 0.3) is 5.91 Å². The highest BCUT2D eigenvalue weighted by Gasteiger charge is 2.43. The predicted octanol–water partition coefficient (Wildman–Crippen LogP) is -0.406. The summed E-state index contributed by atoms with van der Waals surface area (Å²) in [6.07, 6.45) is 0.535. The largest absolute Gasteiger partial charge is 0.396 e. The van der Waals surface area contributed by atoms with Crippen molar-refractivity contribution >= 4 is 17.8 Å². The van der Waals surface area contributed by atoms with Crippen LogP contribution in [0.4, 0.5) is 4.79 Å². The number of hydrogen-bond donors (Lipinski definition) is 3. The first-order chi connectivity index (χ1) is 8.77. The second-order valence-electron chi connectivity index (χ2n) is 5.24. The van der Waals surface area contributed by atoms with Crippen molar-refractivity contribution < 1.29 is 19.5 Å². The Hall–Kier alpha value is -1.63. The van der Waals surface area contributed by atoms with E-state index in [1.807, 2.05) is 0 Å². The Morgan fingerprint density at radius 1 is 1.47 bits per heavy atom. The second-order valence-corrected chi connectivity index (χ2v) is 5.24. The van der Waals surface area contributed by atoms with E-state index in [0.717, 1.165) is 4.90 Å². The Labute approximate surface area is 112 Å². The fraction of sp³-hybridized carbons (Fsp3) is 0.750. The lowest BCUT2D eigenvalue weighted by molar-refractivity contribution is -0.130. The molecule has 0 aliphatic carbocycles. The molecule has 1 atom stereocenters. The van der Waals surface area contributed by atoms with Crippen LogP contribution in [0.3, 0.4) is 0 Å². The Balaban J connectivity index is 2.43. The third-order valence-corrected chi connectivity index (χ3v) is 2.98. The number of amides is 4. The maximum Gasteiger partial charge on any atom is 0.325 e. The van der Waals surface area contributed by atoms with Crippen molar-refractivity contribution in [3.8, 4) is 0 Å². The van der Waals surface area contributed by atoms with E-state index in [1.165, 1.54) is 0 Å². The maximum atomic E-state index is 11.9. The zero-order valence-electron chi connectivity index (χ0n) is 11.5. The molecule has 0 aromatic rings. The smallest absolute Gasteiger partial charge is 0.325 e. The third-order valence-electron chi connectivity index (χ3n) is 2.98. The number of nitrogens with zero attached hydrogens (tertiary/aromatic N) is 1. The lowest BCUT2D eigenvalue weighted by Crippen LogP contribution is -2.41. The van der Waals surface area contributed by atoms with E-state index in [0.29, 0.717) is 6.42 Å². The number of urea groups is 1. The van der Waals surface area contributed by atoms with Crippen molar-refractivity contribution in [2.45, 2.75) is 45.2 Å². The summed E-state index contributed by atoms with van der Waals surface area (Å²) in [7, 11) is 0. The van der Waals surface area contributed by atoms with Crippen LogP contribution in [0.25, 0.3) is 0 Å². The summed E-state index contributed by atoms with van der Waals surface area (Å²) in [5.41, 5.74) is -0.905. The average Bonchev–Trinajstić information content (AvgIpc) is 2.46. The molecule has 0 saturated carbocycles. The van der Waals surface area contributed by atoms with Gasteiger partial charge >= 0.3 is 6.03 Å². The van der Waals surface area contributed by atoms with E-state index < -0.39 is 11.6 Å². The molecule has 0 radical (unpaired) electrons. The minimum Gasteiger partial charge on any atom is -0.396 e. The molecule has 7 nitrogen and oxygen atoms in total. The minimum absolute atomic E-state index is 0.00263. The van der Waals surface area contributed by atoms with Crippen LogP contribution in [-0.2, 0) is 9.59 Å². The number of rotatable bonds is 6. The second kappa shape index (κ2) is 6.01. The molecule has 0 bridgehead atoms. The monoisotopic (exact) mass is 271 g/mol. The normalized spacial score (nSPS) is 19.3. The van der Waals surface area contributed by atoms with Crippen molar-refractivity contribution in [2.75, 3.05) is 13.2 Å². The van der Waals surface area contributed by atoms with E-state index >= 15 is 0 Å². The molecule has 108 valence electrons. The van der Waals surface area contributed by atoms with Gasteiger partial charge in [0.05, 0.1) is 0 Å². The summed E-state index contributed by atoms with van der Waals surface area (Å²) in [6.45, 7) is 5.09. The SMILES string of the molecule is CC(CCO)NC(=O)CCN1C(=O)NC(C)(C)C1=O. The first-order valence-electron chi connectivity index (χ1n) is 6.32. The molecule has 0 aromatic heterocycles. The summed E-state index contributed by atoms with van der Waals surface area (Å²) >= 11 is 0. The molecule has 3 N–H and O–H groups in total. The molecule has 1 rings (SSSR count). The number of nitrogens with one attached hydrogen (secondary N) is 2. The van der Waals surface area contributed by atoms with Gasteiger partial charge in [0.15, 0.2) is 0 Å². The summed E-state index contributed by atoms with van der Waals surface area (Å²) < 4.78 is 0. The third kappa shape index (κ3) is 3.92. The van der Waals surface area contributed by atoms with Gasteiger partial charge in [-0.1, -0.05) is 0 Å². The van der Waals surface area contributed by atoms with Crippen molar-refractivity contribution in [3.05, 3.63) is 0 Å². The van der Waals surface area contributed by atoms with E-state index in [9.17, 15) is 14.4 Å². The van der Waals surface area contributed by atoms with Gasteiger partial charge in [-0.3, -0.25) is 14.5 Å². The van der Waals surface area contributed by atoms with Crippen molar-refractivity contribution in [2.24, 2.45) is 0 Å². The van der Waals surface area contributed by atoms with Crippen LogP contribution in [-0.4, -0.2) is 52.6 Å². The Morgan fingerprint density at radius 3 is 2.58 bits per heavy atom. The molecule has 0 spiro atoms. The molecule has 1 unspecified atom stereocenters. The molecule has 19 heavy (non-hydrogen) atoms. The van der Waals surface area contributed by atoms with Crippen molar-refractivity contribution in [1.82, 2.24) is 15.5 Å².